The second-order valence-corrected chi connectivity index (χ2v) is 6.56. The van der Waals surface area contributed by atoms with Crippen LogP contribution in [0, 0.1) is 0 Å². The van der Waals surface area contributed by atoms with E-state index in [0.717, 1.165) is 18.4 Å². The van der Waals surface area contributed by atoms with E-state index < -0.39 is 28.1 Å². The first-order valence-corrected chi connectivity index (χ1v) is 7.95. The molecule has 0 aliphatic carbocycles. The van der Waals surface area contributed by atoms with Gasteiger partial charge in [0.25, 0.3) is 10.0 Å². The number of aliphatic hydroxyl groups is 1. The van der Waals surface area contributed by atoms with Gasteiger partial charge in [-0.2, -0.15) is 0 Å². The number of benzene rings is 1. The Bertz CT molecular complexity index is 583. The van der Waals surface area contributed by atoms with Crippen molar-refractivity contribution in [2.75, 3.05) is 0 Å². The van der Waals surface area contributed by atoms with Crippen molar-refractivity contribution in [1.82, 2.24) is 4.47 Å². The zero-order valence-corrected chi connectivity index (χ0v) is 12.7. The molecule has 0 heterocycles. The van der Waals surface area contributed by atoms with Crippen LogP contribution in [0.25, 0.3) is 0 Å². The van der Waals surface area contributed by atoms with Crippen molar-refractivity contribution >= 4 is 15.9 Å². The SMILES string of the molecule is CCCc1ccc(S(=O)(=O)N(O)C(C(N)=O)C(C)O)cc1. The minimum Gasteiger partial charge on any atom is -0.391 e. The number of aliphatic hydroxyl groups excluding tert-OH is 1. The van der Waals surface area contributed by atoms with E-state index in [1.54, 1.807) is 12.1 Å². The number of aryl methyl sites for hydroxylation is 1. The Morgan fingerprint density at radius 2 is 1.86 bits per heavy atom. The first-order chi connectivity index (χ1) is 9.71. The molecule has 0 saturated carbocycles. The molecule has 21 heavy (non-hydrogen) atoms. The standard InChI is InChI=1S/C13H20N2O5S/c1-3-4-10-5-7-11(8-6-10)21(19,20)15(18)12(9(2)16)13(14)17/h5-9,12,16,18H,3-4H2,1-2H3,(H2,14,17). The lowest BCUT2D eigenvalue weighted by molar-refractivity contribution is -0.138. The quantitative estimate of drug-likeness (QED) is 0.623. The molecule has 1 aromatic rings. The van der Waals surface area contributed by atoms with Crippen molar-refractivity contribution in [3.8, 4) is 0 Å². The molecular formula is C13H20N2O5S. The summed E-state index contributed by atoms with van der Waals surface area (Å²) in [4.78, 5) is 11.0. The average molecular weight is 316 g/mol. The van der Waals surface area contributed by atoms with Gasteiger partial charge in [-0.05, 0) is 31.0 Å². The van der Waals surface area contributed by atoms with E-state index in [9.17, 15) is 23.5 Å². The molecule has 1 rings (SSSR count). The summed E-state index contributed by atoms with van der Waals surface area (Å²) in [5, 5.41) is 19.2. The van der Waals surface area contributed by atoms with Gasteiger partial charge in [-0.1, -0.05) is 29.9 Å². The first-order valence-electron chi connectivity index (χ1n) is 6.51. The number of hydroxylamine groups is 1. The van der Waals surface area contributed by atoms with Gasteiger partial charge in [0.1, 0.15) is 0 Å². The average Bonchev–Trinajstić information content (AvgIpc) is 2.38. The highest BCUT2D eigenvalue weighted by atomic mass is 32.2. The van der Waals surface area contributed by atoms with Crippen LogP contribution in [-0.4, -0.2) is 41.3 Å². The molecule has 2 unspecified atom stereocenters. The van der Waals surface area contributed by atoms with Crippen molar-refractivity contribution in [2.24, 2.45) is 5.73 Å². The Morgan fingerprint density at radius 3 is 2.24 bits per heavy atom. The summed E-state index contributed by atoms with van der Waals surface area (Å²) in [5.74, 6) is -1.14. The van der Waals surface area contributed by atoms with Crippen LogP contribution < -0.4 is 5.73 Å². The van der Waals surface area contributed by atoms with Gasteiger partial charge in [-0.25, -0.2) is 8.42 Å². The maximum Gasteiger partial charge on any atom is 0.265 e. The summed E-state index contributed by atoms with van der Waals surface area (Å²) < 4.78 is 24.2. The fourth-order valence-electron chi connectivity index (χ4n) is 1.91. The fourth-order valence-corrected chi connectivity index (χ4v) is 3.18. The maximum atomic E-state index is 12.2. The molecule has 0 saturated heterocycles. The molecule has 0 bridgehead atoms. The van der Waals surface area contributed by atoms with Crippen LogP contribution in [-0.2, 0) is 21.2 Å². The third-order valence-corrected chi connectivity index (χ3v) is 4.58. The van der Waals surface area contributed by atoms with Gasteiger partial charge in [0.05, 0.1) is 11.0 Å². The third-order valence-electron chi connectivity index (χ3n) is 2.99. The Kier molecular flexibility index (Phi) is 5.85. The number of hydrogen-bond donors (Lipinski definition) is 3. The number of primary amides is 1. The predicted octanol–water partition coefficient (Wildman–Crippen LogP) is 0.254. The lowest BCUT2D eigenvalue weighted by Crippen LogP contribution is -2.51. The largest absolute Gasteiger partial charge is 0.391 e. The van der Waals surface area contributed by atoms with Crippen molar-refractivity contribution in [3.05, 3.63) is 29.8 Å². The number of hydrogen-bond acceptors (Lipinski definition) is 5. The summed E-state index contributed by atoms with van der Waals surface area (Å²) in [5.41, 5.74) is 5.97. The van der Waals surface area contributed by atoms with Gasteiger partial charge in [-0.3, -0.25) is 10.0 Å². The van der Waals surface area contributed by atoms with E-state index in [4.69, 9.17) is 5.73 Å². The number of sulfonamides is 1. The zero-order valence-electron chi connectivity index (χ0n) is 11.9. The van der Waals surface area contributed by atoms with Crippen LogP contribution in [0.1, 0.15) is 25.8 Å². The lowest BCUT2D eigenvalue weighted by Gasteiger charge is -2.24. The lowest BCUT2D eigenvalue weighted by atomic mass is 10.1. The molecule has 1 aromatic carbocycles. The predicted molar refractivity (Wildman–Crippen MR) is 75.9 cm³/mol. The first kappa shape index (κ1) is 17.6. The zero-order chi connectivity index (χ0) is 16.2. The van der Waals surface area contributed by atoms with Gasteiger partial charge in [0.2, 0.25) is 5.91 Å². The summed E-state index contributed by atoms with van der Waals surface area (Å²) >= 11 is 0. The van der Waals surface area contributed by atoms with E-state index in [-0.39, 0.29) is 9.36 Å². The highest BCUT2D eigenvalue weighted by molar-refractivity contribution is 7.89. The molecule has 2 atom stereocenters. The van der Waals surface area contributed by atoms with Gasteiger partial charge < -0.3 is 10.8 Å². The summed E-state index contributed by atoms with van der Waals surface area (Å²) in [7, 11) is -4.33. The smallest absolute Gasteiger partial charge is 0.265 e. The molecule has 0 spiro atoms. The molecule has 8 heteroatoms. The molecule has 0 radical (unpaired) electrons. The highest BCUT2D eigenvalue weighted by Gasteiger charge is 2.37. The van der Waals surface area contributed by atoms with E-state index in [1.165, 1.54) is 19.1 Å². The second kappa shape index (κ2) is 6.99. The summed E-state index contributed by atoms with van der Waals surface area (Å²) in [6.45, 7) is 3.17. The number of amides is 1. The van der Waals surface area contributed by atoms with Crippen LogP contribution in [0.15, 0.2) is 29.2 Å². The van der Waals surface area contributed by atoms with E-state index >= 15 is 0 Å². The molecule has 0 fully saturated rings. The van der Waals surface area contributed by atoms with Crippen molar-refractivity contribution in [3.63, 3.8) is 0 Å². The molecule has 0 aliphatic rings. The number of rotatable bonds is 7. The molecular weight excluding hydrogens is 296 g/mol. The van der Waals surface area contributed by atoms with Gasteiger partial charge in [0, 0.05) is 0 Å². The van der Waals surface area contributed by atoms with Crippen LogP contribution in [0.5, 0.6) is 0 Å². The second-order valence-electron chi connectivity index (χ2n) is 4.76. The van der Waals surface area contributed by atoms with Gasteiger partial charge >= 0.3 is 0 Å². The Morgan fingerprint density at radius 1 is 1.33 bits per heavy atom. The minimum atomic E-state index is -4.33. The van der Waals surface area contributed by atoms with E-state index in [0.29, 0.717) is 0 Å². The highest BCUT2D eigenvalue weighted by Crippen LogP contribution is 2.19. The Balaban J connectivity index is 3.11. The monoisotopic (exact) mass is 316 g/mol. The van der Waals surface area contributed by atoms with E-state index in [2.05, 4.69) is 0 Å². The molecule has 0 aromatic heterocycles. The van der Waals surface area contributed by atoms with Crippen molar-refractivity contribution in [1.29, 1.82) is 0 Å². The molecule has 7 nitrogen and oxygen atoms in total. The Labute approximate surface area is 124 Å². The van der Waals surface area contributed by atoms with Crippen molar-refractivity contribution < 1.29 is 23.5 Å². The third kappa shape index (κ3) is 4.01. The minimum absolute atomic E-state index is 0.184. The molecule has 1 amide bonds. The Hall–Kier alpha value is -1.48. The van der Waals surface area contributed by atoms with Crippen LogP contribution in [0.4, 0.5) is 0 Å². The summed E-state index contributed by atoms with van der Waals surface area (Å²) in [6, 6.07) is 4.19. The molecule has 0 aliphatic heterocycles. The number of nitrogens with zero attached hydrogens (tertiary/aromatic N) is 1. The number of nitrogens with two attached hydrogens (primary N) is 1. The molecule has 4 N–H and O–H groups in total. The summed E-state index contributed by atoms with van der Waals surface area (Å²) in [6.07, 6.45) is 0.284. The number of carbonyl (C=O) groups is 1. The van der Waals surface area contributed by atoms with Crippen LogP contribution in [0.2, 0.25) is 0 Å². The van der Waals surface area contributed by atoms with Crippen LogP contribution in [0.3, 0.4) is 0 Å². The van der Waals surface area contributed by atoms with Crippen molar-refractivity contribution in [2.45, 2.75) is 43.7 Å². The van der Waals surface area contributed by atoms with Gasteiger partial charge in [0.15, 0.2) is 6.04 Å². The topological polar surface area (TPSA) is 121 Å². The van der Waals surface area contributed by atoms with Crippen LogP contribution >= 0.6 is 0 Å². The normalized spacial score (nSPS) is 14.9. The number of carbonyl (C=O) groups excluding carboxylic acids is 1. The maximum absolute atomic E-state index is 12.2. The van der Waals surface area contributed by atoms with E-state index in [1.807, 2.05) is 6.92 Å². The van der Waals surface area contributed by atoms with Gasteiger partial charge in [-0.15, -0.1) is 0 Å². The molecule has 118 valence electrons. The fraction of sp³-hybridized carbons (Fsp3) is 0.462.